The summed E-state index contributed by atoms with van der Waals surface area (Å²) in [7, 11) is 1.50. The van der Waals surface area contributed by atoms with E-state index in [1.54, 1.807) is 36.4 Å². The van der Waals surface area contributed by atoms with Gasteiger partial charge in [0.2, 0.25) is 5.95 Å². The predicted molar refractivity (Wildman–Crippen MR) is 149 cm³/mol. The maximum absolute atomic E-state index is 14.8. The fourth-order valence-corrected chi connectivity index (χ4v) is 5.25. The van der Waals surface area contributed by atoms with Crippen LogP contribution in [-0.4, -0.2) is 54.1 Å². The monoisotopic (exact) mass is 587 g/mol. The van der Waals surface area contributed by atoms with Crippen molar-refractivity contribution in [1.29, 1.82) is 0 Å². The summed E-state index contributed by atoms with van der Waals surface area (Å²) in [6.45, 7) is 4.32. The van der Waals surface area contributed by atoms with Gasteiger partial charge in [-0.1, -0.05) is 0 Å². The van der Waals surface area contributed by atoms with Gasteiger partial charge in [0, 0.05) is 43.8 Å². The summed E-state index contributed by atoms with van der Waals surface area (Å²) in [4.78, 5) is 26.9. The number of alkyl halides is 3. The van der Waals surface area contributed by atoms with Crippen LogP contribution in [0.15, 0.2) is 48.7 Å². The highest BCUT2D eigenvalue weighted by molar-refractivity contribution is 7.17. The summed E-state index contributed by atoms with van der Waals surface area (Å²) in [6, 6.07) is 10.9. The Hall–Kier alpha value is -4.30. The number of hydrogen-bond donors (Lipinski definition) is 3. The van der Waals surface area contributed by atoms with Crippen LogP contribution in [0.2, 0.25) is 0 Å². The highest BCUT2D eigenvalue weighted by Crippen LogP contribution is 2.38. The lowest BCUT2D eigenvalue weighted by molar-refractivity contribution is -0.140. The van der Waals surface area contributed by atoms with Gasteiger partial charge in [0.25, 0.3) is 5.91 Å². The van der Waals surface area contributed by atoms with Crippen LogP contribution in [0.4, 0.5) is 40.6 Å². The molecular weight excluding hydrogens is 562 g/mol. The molecule has 2 aromatic heterocycles. The lowest BCUT2D eigenvalue weighted by Crippen LogP contribution is -2.43. The summed E-state index contributed by atoms with van der Waals surface area (Å²) in [5.74, 6) is -0.780. The molecule has 41 heavy (non-hydrogen) atoms. The first-order valence-electron chi connectivity index (χ1n) is 12.5. The van der Waals surface area contributed by atoms with Gasteiger partial charge in [-0.25, -0.2) is 19.3 Å². The first-order chi connectivity index (χ1) is 19.6. The Bertz CT molecular complexity index is 1550. The number of amides is 1. The number of hydrogen-bond acceptors (Lipinski definition) is 9. The Labute approximate surface area is 236 Å². The number of rotatable bonds is 7. The molecular formula is C27H25F4N7O2S. The van der Waals surface area contributed by atoms with Gasteiger partial charge in [-0.2, -0.15) is 13.2 Å². The normalized spacial score (nSPS) is 13.7. The van der Waals surface area contributed by atoms with E-state index in [9.17, 15) is 22.4 Å². The smallest absolute Gasteiger partial charge is 0.434 e. The second kappa shape index (κ2) is 11.7. The molecule has 0 atom stereocenters. The highest BCUT2D eigenvalue weighted by Gasteiger charge is 2.38. The van der Waals surface area contributed by atoms with Gasteiger partial charge in [0.15, 0.2) is 5.69 Å². The maximum Gasteiger partial charge on any atom is 0.434 e. The van der Waals surface area contributed by atoms with Gasteiger partial charge >= 0.3 is 6.18 Å². The first kappa shape index (κ1) is 28.2. The Morgan fingerprint density at radius 3 is 2.44 bits per heavy atom. The van der Waals surface area contributed by atoms with Crippen molar-refractivity contribution in [2.24, 2.45) is 0 Å². The van der Waals surface area contributed by atoms with Gasteiger partial charge in [-0.3, -0.25) is 4.79 Å². The van der Waals surface area contributed by atoms with E-state index in [1.165, 1.54) is 20.1 Å². The van der Waals surface area contributed by atoms with Crippen molar-refractivity contribution in [2.45, 2.75) is 13.1 Å². The van der Waals surface area contributed by atoms with Gasteiger partial charge in [0.1, 0.15) is 21.5 Å². The number of aryl methyl sites for hydroxylation is 1. The minimum absolute atomic E-state index is 0.0730. The molecule has 1 saturated heterocycles. The molecule has 9 nitrogen and oxygen atoms in total. The minimum atomic E-state index is -4.82. The van der Waals surface area contributed by atoms with Gasteiger partial charge in [-0.15, -0.1) is 11.3 Å². The van der Waals surface area contributed by atoms with Gasteiger partial charge < -0.3 is 25.6 Å². The highest BCUT2D eigenvalue weighted by atomic mass is 32.1. The number of benzene rings is 2. The fraction of sp³-hybridized carbons (Fsp3) is 0.259. The van der Waals surface area contributed by atoms with Crippen LogP contribution < -0.4 is 25.6 Å². The standard InChI is InChI=1S/C27H25F4N7O2S/c1-15-22(24(39)35-17-5-8-21(20(28)13-17)38-11-9-32-10-12-38)41-25(34-15)19-14-33-26(37-23(19)27(29,30)31)36-16-3-6-18(40-2)7-4-16/h3-8,13-14,32H,9-12H2,1-2H3,(H,35,39)(H,33,36,37). The molecule has 4 aromatic rings. The lowest BCUT2D eigenvalue weighted by Gasteiger charge is -2.29. The molecule has 0 spiro atoms. The number of carbonyl (C=O) groups excluding carboxylic acids is 1. The number of nitrogens with zero attached hydrogens (tertiary/aromatic N) is 4. The molecule has 0 unspecified atom stereocenters. The van der Waals surface area contributed by atoms with Crippen LogP contribution in [0, 0.1) is 12.7 Å². The molecule has 1 amide bonds. The van der Waals surface area contributed by atoms with Crippen LogP contribution in [0.1, 0.15) is 21.1 Å². The molecule has 3 N–H and O–H groups in total. The van der Waals surface area contributed by atoms with Crippen LogP contribution in [0.25, 0.3) is 10.6 Å². The zero-order chi connectivity index (χ0) is 29.1. The second-order valence-electron chi connectivity index (χ2n) is 9.10. The van der Waals surface area contributed by atoms with Gasteiger partial charge in [0.05, 0.1) is 24.1 Å². The number of anilines is 4. The van der Waals surface area contributed by atoms with E-state index in [-0.39, 0.29) is 32.8 Å². The third-order valence-electron chi connectivity index (χ3n) is 6.30. The fourth-order valence-electron chi connectivity index (χ4n) is 4.28. The van der Waals surface area contributed by atoms with Crippen molar-refractivity contribution < 1.29 is 27.1 Å². The van der Waals surface area contributed by atoms with Crippen LogP contribution in [0.3, 0.4) is 0 Å². The summed E-state index contributed by atoms with van der Waals surface area (Å²) in [6.07, 6.45) is -3.80. The predicted octanol–water partition coefficient (Wildman–Crippen LogP) is 5.48. The molecule has 2 aromatic carbocycles. The average molecular weight is 588 g/mol. The Kier molecular flexibility index (Phi) is 8.03. The van der Waals surface area contributed by atoms with E-state index >= 15 is 0 Å². The summed E-state index contributed by atoms with van der Waals surface area (Å²) < 4.78 is 62.0. The van der Waals surface area contributed by atoms with E-state index in [4.69, 9.17) is 4.74 Å². The molecule has 3 heterocycles. The third-order valence-corrected chi connectivity index (χ3v) is 7.49. The molecule has 214 valence electrons. The minimum Gasteiger partial charge on any atom is -0.497 e. The Morgan fingerprint density at radius 1 is 1.07 bits per heavy atom. The SMILES string of the molecule is COc1ccc(Nc2ncc(-c3nc(C)c(C(=O)Nc4ccc(N5CCNCC5)c(F)c4)s3)c(C(F)(F)F)n2)cc1. The summed E-state index contributed by atoms with van der Waals surface area (Å²) >= 11 is 0.768. The lowest BCUT2D eigenvalue weighted by atomic mass is 10.2. The van der Waals surface area contributed by atoms with Crippen molar-refractivity contribution in [3.8, 4) is 16.3 Å². The van der Waals surface area contributed by atoms with Crippen molar-refractivity contribution >= 4 is 40.3 Å². The second-order valence-corrected chi connectivity index (χ2v) is 10.1. The Morgan fingerprint density at radius 2 is 1.78 bits per heavy atom. The van der Waals surface area contributed by atoms with Crippen LogP contribution >= 0.6 is 11.3 Å². The largest absolute Gasteiger partial charge is 0.497 e. The van der Waals surface area contributed by atoms with Gasteiger partial charge in [-0.05, 0) is 49.4 Å². The molecule has 1 aliphatic rings. The molecule has 0 saturated carbocycles. The van der Waals surface area contributed by atoms with Crippen molar-refractivity contribution in [3.05, 3.63) is 70.7 Å². The number of ether oxygens (including phenoxy) is 1. The summed E-state index contributed by atoms with van der Waals surface area (Å²) in [5.41, 5.74) is -0.229. The quantitative estimate of drug-likeness (QED) is 0.244. The number of halogens is 4. The van der Waals surface area contributed by atoms with E-state index in [1.807, 2.05) is 4.90 Å². The molecule has 0 aliphatic carbocycles. The molecule has 14 heteroatoms. The van der Waals surface area contributed by atoms with E-state index in [0.717, 1.165) is 30.6 Å². The van der Waals surface area contributed by atoms with Crippen molar-refractivity contribution in [1.82, 2.24) is 20.3 Å². The third kappa shape index (κ3) is 6.38. The van der Waals surface area contributed by atoms with E-state index < -0.39 is 23.6 Å². The number of aromatic nitrogens is 3. The maximum atomic E-state index is 14.8. The zero-order valence-corrected chi connectivity index (χ0v) is 22.8. The number of thiazole rings is 1. The first-order valence-corrected chi connectivity index (χ1v) is 13.3. The molecule has 1 aliphatic heterocycles. The number of nitrogens with one attached hydrogen (secondary N) is 3. The zero-order valence-electron chi connectivity index (χ0n) is 22.0. The number of carbonyl (C=O) groups is 1. The summed E-state index contributed by atoms with van der Waals surface area (Å²) in [5, 5.41) is 8.48. The molecule has 0 radical (unpaired) electrons. The topological polar surface area (TPSA) is 104 Å². The molecule has 0 bridgehead atoms. The van der Waals surface area contributed by atoms with Crippen LogP contribution in [0.5, 0.6) is 5.75 Å². The number of methoxy groups -OCH3 is 1. The average Bonchev–Trinajstić information content (AvgIpc) is 3.35. The Balaban J connectivity index is 1.37. The number of piperazine rings is 1. The molecule has 5 rings (SSSR count). The van der Waals surface area contributed by atoms with E-state index in [2.05, 4.69) is 30.9 Å². The van der Waals surface area contributed by atoms with E-state index in [0.29, 0.717) is 30.2 Å². The van der Waals surface area contributed by atoms with Crippen LogP contribution in [-0.2, 0) is 6.18 Å². The molecule has 1 fully saturated rings. The van der Waals surface area contributed by atoms with Crippen molar-refractivity contribution in [3.63, 3.8) is 0 Å². The van der Waals surface area contributed by atoms with Crippen molar-refractivity contribution in [2.75, 3.05) is 48.8 Å².